The Morgan fingerprint density at radius 3 is 2.61 bits per heavy atom. The van der Waals surface area contributed by atoms with Crippen molar-refractivity contribution in [2.75, 3.05) is 26.2 Å². The molecule has 3 aliphatic heterocycles. The van der Waals surface area contributed by atoms with E-state index in [1.54, 1.807) is 0 Å². The molecule has 0 aromatic heterocycles. The highest BCUT2D eigenvalue weighted by atomic mass is 16.3. The number of nitrogens with one attached hydrogen (secondary N) is 1. The van der Waals surface area contributed by atoms with E-state index in [4.69, 9.17) is 10.4 Å². The minimum absolute atomic E-state index is 0.244. The number of nitrogens with zero attached hydrogens (tertiary/aromatic N) is 3. The molecule has 2 N–H and O–H groups in total. The van der Waals surface area contributed by atoms with Gasteiger partial charge in [-0.2, -0.15) is 0 Å². The molecule has 33 heavy (non-hydrogen) atoms. The summed E-state index contributed by atoms with van der Waals surface area (Å²) in [5.74, 6) is 1.59. The Balaban J connectivity index is 1.48. The molecule has 1 saturated carbocycles. The highest BCUT2D eigenvalue weighted by Gasteiger charge is 2.31. The maximum atomic E-state index is 9.25. The van der Waals surface area contributed by atoms with Crippen molar-refractivity contribution in [1.29, 1.82) is 5.41 Å². The van der Waals surface area contributed by atoms with Gasteiger partial charge in [0.05, 0.1) is 12.3 Å². The number of amidine groups is 1. The van der Waals surface area contributed by atoms with Crippen LogP contribution in [-0.2, 0) is 0 Å². The number of aryl methyl sites for hydroxylation is 1. The summed E-state index contributed by atoms with van der Waals surface area (Å²) in [5, 5.41) is 17.0. The summed E-state index contributed by atoms with van der Waals surface area (Å²) in [6.45, 7) is 7.36. The van der Waals surface area contributed by atoms with Crippen molar-refractivity contribution in [2.24, 2.45) is 10.9 Å². The number of aliphatic hydroxyl groups is 1. The smallest absolute Gasteiger partial charge is 0.140 e. The number of fused-ring (bicyclic) bond motifs is 1. The molecule has 1 aliphatic carbocycles. The number of rotatable bonds is 5. The van der Waals surface area contributed by atoms with Crippen molar-refractivity contribution in [3.05, 3.63) is 75.7 Å². The molecule has 2 fully saturated rings. The summed E-state index contributed by atoms with van der Waals surface area (Å²) in [6.07, 6.45) is 14.2. The molecule has 0 atom stereocenters. The second kappa shape index (κ2) is 9.24. The Labute approximate surface area is 197 Å². The molecule has 1 aromatic rings. The van der Waals surface area contributed by atoms with Gasteiger partial charge in [-0.3, -0.25) is 0 Å². The number of β-amino-alcohol motifs (C(OH)–C–C–N with tert-alkyl or cyclic N) is 1. The van der Waals surface area contributed by atoms with Crippen LogP contribution in [0.2, 0.25) is 0 Å². The number of piperidine rings is 1. The predicted octanol–water partition coefficient (Wildman–Crippen LogP) is 5.03. The van der Waals surface area contributed by atoms with Gasteiger partial charge >= 0.3 is 0 Å². The van der Waals surface area contributed by atoms with E-state index in [-0.39, 0.29) is 6.61 Å². The second-order valence-corrected chi connectivity index (χ2v) is 9.69. The molecule has 0 spiro atoms. The zero-order valence-corrected chi connectivity index (χ0v) is 19.8. The molecule has 0 radical (unpaired) electrons. The van der Waals surface area contributed by atoms with Gasteiger partial charge in [0.25, 0.3) is 0 Å². The normalized spacial score (nSPS) is 21.6. The van der Waals surface area contributed by atoms with Crippen molar-refractivity contribution in [1.82, 2.24) is 9.80 Å². The Bertz CT molecular complexity index is 1110. The minimum atomic E-state index is 0.244. The van der Waals surface area contributed by atoms with E-state index in [0.717, 1.165) is 73.5 Å². The molecule has 1 aromatic carbocycles. The predicted molar refractivity (Wildman–Crippen MR) is 135 cm³/mol. The van der Waals surface area contributed by atoms with Crippen molar-refractivity contribution < 1.29 is 5.11 Å². The van der Waals surface area contributed by atoms with Crippen LogP contribution in [0.25, 0.3) is 5.70 Å². The van der Waals surface area contributed by atoms with Crippen LogP contribution in [-0.4, -0.2) is 53.2 Å². The van der Waals surface area contributed by atoms with E-state index >= 15 is 0 Å². The first-order chi connectivity index (χ1) is 16.1. The minimum Gasteiger partial charge on any atom is -0.395 e. The Morgan fingerprint density at radius 1 is 1.15 bits per heavy atom. The van der Waals surface area contributed by atoms with Crippen molar-refractivity contribution >= 4 is 17.7 Å². The summed E-state index contributed by atoms with van der Waals surface area (Å²) in [6, 6.07) is 6.30. The molecule has 3 heterocycles. The SMILES string of the molecule is CC1=CC(C2CCN(CCO)CC2)=CN2C1=NC(c1ccc(C)c(C=N)c1)=CC2=C1CCC1. The summed E-state index contributed by atoms with van der Waals surface area (Å²) in [7, 11) is 0. The Kier molecular flexibility index (Phi) is 6.17. The lowest BCUT2D eigenvalue weighted by Gasteiger charge is -2.38. The topological polar surface area (TPSA) is 62.9 Å². The van der Waals surface area contributed by atoms with Gasteiger partial charge in [0, 0.05) is 30.2 Å². The fourth-order valence-electron chi connectivity index (χ4n) is 5.26. The molecule has 5 nitrogen and oxygen atoms in total. The number of likely N-dealkylation sites (tertiary alicyclic amines) is 1. The lowest BCUT2D eigenvalue weighted by atomic mass is 9.85. The number of hydrogen-bond donors (Lipinski definition) is 2. The summed E-state index contributed by atoms with van der Waals surface area (Å²) >= 11 is 0. The van der Waals surface area contributed by atoms with E-state index in [0.29, 0.717) is 5.92 Å². The third-order valence-electron chi connectivity index (χ3n) is 7.53. The fourth-order valence-corrected chi connectivity index (χ4v) is 5.26. The standard InChI is InChI=1S/C28H34N4O/c1-19-6-7-23(15-24(19)17-29)26-16-27(22-4-3-5-22)32-18-25(14-20(2)28(32)30-26)21-8-10-31(11-9-21)12-13-33/h6-7,14-18,21,29,33H,3-5,8-13H2,1-2H3. The van der Waals surface area contributed by atoms with Crippen molar-refractivity contribution in [2.45, 2.75) is 46.0 Å². The van der Waals surface area contributed by atoms with Crippen LogP contribution in [0.5, 0.6) is 0 Å². The number of benzene rings is 1. The zero-order chi connectivity index (χ0) is 22.9. The van der Waals surface area contributed by atoms with Crippen LogP contribution in [0.4, 0.5) is 0 Å². The molecule has 5 heteroatoms. The van der Waals surface area contributed by atoms with Crippen LogP contribution in [0.3, 0.4) is 0 Å². The first-order valence-corrected chi connectivity index (χ1v) is 12.2. The third kappa shape index (κ3) is 4.28. The average molecular weight is 443 g/mol. The van der Waals surface area contributed by atoms with Gasteiger partial charge in [-0.1, -0.05) is 18.2 Å². The van der Waals surface area contributed by atoms with Gasteiger partial charge in [-0.15, -0.1) is 0 Å². The molecule has 0 amide bonds. The molecule has 0 unspecified atom stereocenters. The van der Waals surface area contributed by atoms with Crippen molar-refractivity contribution in [3.63, 3.8) is 0 Å². The summed E-state index contributed by atoms with van der Waals surface area (Å²) in [5.41, 5.74) is 9.55. The number of allylic oxidation sites excluding steroid dienone is 4. The maximum Gasteiger partial charge on any atom is 0.140 e. The van der Waals surface area contributed by atoms with Crippen LogP contribution in [0.15, 0.2) is 64.0 Å². The van der Waals surface area contributed by atoms with Gasteiger partial charge in [-0.05, 0) is 105 Å². The van der Waals surface area contributed by atoms with Gasteiger partial charge in [-0.25, -0.2) is 4.99 Å². The van der Waals surface area contributed by atoms with E-state index in [9.17, 15) is 5.11 Å². The van der Waals surface area contributed by atoms with E-state index < -0.39 is 0 Å². The molecule has 5 rings (SSSR count). The lowest BCUT2D eigenvalue weighted by Crippen LogP contribution is -2.37. The third-order valence-corrected chi connectivity index (χ3v) is 7.53. The molecule has 172 valence electrons. The molecule has 4 aliphatic rings. The van der Waals surface area contributed by atoms with Gasteiger partial charge < -0.3 is 20.3 Å². The van der Waals surface area contributed by atoms with Crippen LogP contribution >= 0.6 is 0 Å². The quantitative estimate of drug-likeness (QED) is 0.629. The van der Waals surface area contributed by atoms with E-state index in [2.05, 4.69) is 53.3 Å². The fraction of sp³-hybridized carbons (Fsp3) is 0.429. The Morgan fingerprint density at radius 2 is 1.94 bits per heavy atom. The zero-order valence-electron chi connectivity index (χ0n) is 19.8. The van der Waals surface area contributed by atoms with E-state index in [1.165, 1.54) is 35.1 Å². The average Bonchev–Trinajstić information content (AvgIpc) is 2.79. The van der Waals surface area contributed by atoms with Gasteiger partial charge in [0.2, 0.25) is 0 Å². The molecular weight excluding hydrogens is 408 g/mol. The maximum absolute atomic E-state index is 9.25. The highest BCUT2D eigenvalue weighted by Crippen LogP contribution is 2.40. The first kappa shape index (κ1) is 22.1. The highest BCUT2D eigenvalue weighted by molar-refractivity contribution is 6.06. The van der Waals surface area contributed by atoms with Crippen LogP contribution in [0, 0.1) is 18.3 Å². The molecule has 1 saturated heterocycles. The number of aliphatic imine (C=N–C) groups is 1. The summed E-state index contributed by atoms with van der Waals surface area (Å²) in [4.78, 5) is 9.82. The van der Waals surface area contributed by atoms with E-state index in [1.807, 2.05) is 6.92 Å². The summed E-state index contributed by atoms with van der Waals surface area (Å²) < 4.78 is 0. The Hall–Kier alpha value is -2.76. The lowest BCUT2D eigenvalue weighted by molar-refractivity contribution is 0.157. The largest absolute Gasteiger partial charge is 0.395 e. The molecule has 0 bridgehead atoms. The van der Waals surface area contributed by atoms with Crippen molar-refractivity contribution in [3.8, 4) is 0 Å². The number of aliphatic hydroxyl groups excluding tert-OH is 1. The van der Waals surface area contributed by atoms with Gasteiger partial charge in [0.1, 0.15) is 5.84 Å². The van der Waals surface area contributed by atoms with Crippen LogP contribution < -0.4 is 0 Å². The van der Waals surface area contributed by atoms with Crippen LogP contribution in [0.1, 0.15) is 55.7 Å². The second-order valence-electron chi connectivity index (χ2n) is 9.69. The number of hydrogen-bond acceptors (Lipinski definition) is 5. The first-order valence-electron chi connectivity index (χ1n) is 12.2. The monoisotopic (exact) mass is 442 g/mol. The molecular formula is C28H34N4O. The van der Waals surface area contributed by atoms with Gasteiger partial charge in [0.15, 0.2) is 0 Å².